The Kier molecular flexibility index (Phi) is 4.68. The number of hydrogen-bond donors (Lipinski definition) is 1. The van der Waals surface area contributed by atoms with Crippen molar-refractivity contribution < 1.29 is 23.9 Å². The van der Waals surface area contributed by atoms with Crippen LogP contribution < -0.4 is 5.32 Å². The summed E-state index contributed by atoms with van der Waals surface area (Å²) >= 11 is 0. The average Bonchev–Trinajstić information content (AvgIpc) is 2.96. The predicted octanol–water partition coefficient (Wildman–Crippen LogP) is 2.16. The molecule has 0 bridgehead atoms. The molecule has 2 aromatic rings. The molecule has 0 radical (unpaired) electrons. The van der Waals surface area contributed by atoms with Gasteiger partial charge in [0.25, 0.3) is 0 Å². The Hall–Kier alpha value is -2.89. The van der Waals surface area contributed by atoms with Gasteiger partial charge in [-0.2, -0.15) is 0 Å². The van der Waals surface area contributed by atoms with Gasteiger partial charge in [0.1, 0.15) is 5.54 Å². The summed E-state index contributed by atoms with van der Waals surface area (Å²) in [5.41, 5.74) is 1.34. The molecule has 0 spiro atoms. The fourth-order valence-corrected chi connectivity index (χ4v) is 3.57. The van der Waals surface area contributed by atoms with Crippen LogP contribution in [0.15, 0.2) is 30.3 Å². The summed E-state index contributed by atoms with van der Waals surface area (Å²) in [6.45, 7) is 3.38. The van der Waals surface area contributed by atoms with E-state index in [0.29, 0.717) is 18.4 Å². The minimum atomic E-state index is -1.08. The number of esters is 2. The summed E-state index contributed by atoms with van der Waals surface area (Å²) in [7, 11) is 1.34. The van der Waals surface area contributed by atoms with Crippen LogP contribution >= 0.6 is 0 Å². The highest BCUT2D eigenvalue weighted by Crippen LogP contribution is 2.34. The van der Waals surface area contributed by atoms with Crippen LogP contribution in [0.1, 0.15) is 35.3 Å². The number of fused-ring (bicyclic) bond motifs is 2. The molecule has 1 amide bonds. The Balaban J connectivity index is 2.02. The van der Waals surface area contributed by atoms with Crippen molar-refractivity contribution in [3.63, 3.8) is 0 Å². The first-order valence-electron chi connectivity index (χ1n) is 8.48. The second kappa shape index (κ2) is 6.78. The number of methoxy groups -OCH3 is 1. The number of rotatable bonds is 4. The summed E-state index contributed by atoms with van der Waals surface area (Å²) in [4.78, 5) is 36.0. The normalized spacial score (nSPS) is 18.3. The molecule has 3 rings (SSSR count). The average molecular weight is 355 g/mol. The standard InChI is InChI=1S/C20H21NO5/c1-4-26-19(24)20(21-12(2)22)10-16-7-13-5-6-14(18(23)25-3)8-15(13)9-17(16)11-20/h5-9H,4,10-11H2,1-3H3,(H,21,22). The minimum Gasteiger partial charge on any atom is -0.465 e. The van der Waals surface area contributed by atoms with Crippen molar-refractivity contribution in [2.24, 2.45) is 0 Å². The maximum Gasteiger partial charge on any atom is 0.337 e. The zero-order chi connectivity index (χ0) is 18.9. The lowest BCUT2D eigenvalue weighted by molar-refractivity contribution is -0.152. The van der Waals surface area contributed by atoms with E-state index in [1.807, 2.05) is 18.2 Å². The van der Waals surface area contributed by atoms with E-state index in [1.165, 1.54) is 14.0 Å². The molecule has 0 aliphatic heterocycles. The number of carbonyl (C=O) groups is 3. The maximum absolute atomic E-state index is 12.5. The molecule has 2 aromatic carbocycles. The van der Waals surface area contributed by atoms with Gasteiger partial charge in [-0.3, -0.25) is 4.79 Å². The van der Waals surface area contributed by atoms with E-state index in [-0.39, 0.29) is 12.5 Å². The molecule has 1 unspecified atom stereocenters. The Labute approximate surface area is 151 Å². The first kappa shape index (κ1) is 17.9. The Morgan fingerprint density at radius 1 is 1.08 bits per heavy atom. The van der Waals surface area contributed by atoms with Crippen LogP contribution in [0.5, 0.6) is 0 Å². The van der Waals surface area contributed by atoms with Crippen LogP contribution in [0.25, 0.3) is 10.8 Å². The van der Waals surface area contributed by atoms with Gasteiger partial charge in [-0.05, 0) is 41.0 Å². The van der Waals surface area contributed by atoms with E-state index >= 15 is 0 Å². The van der Waals surface area contributed by atoms with E-state index in [9.17, 15) is 14.4 Å². The van der Waals surface area contributed by atoms with Crippen molar-refractivity contribution in [3.05, 3.63) is 47.0 Å². The third-order valence-electron chi connectivity index (χ3n) is 4.65. The summed E-state index contributed by atoms with van der Waals surface area (Å²) in [6.07, 6.45) is 0.745. The second-order valence-corrected chi connectivity index (χ2v) is 6.51. The monoisotopic (exact) mass is 355 g/mol. The van der Waals surface area contributed by atoms with E-state index in [1.54, 1.807) is 19.1 Å². The predicted molar refractivity (Wildman–Crippen MR) is 95.9 cm³/mol. The van der Waals surface area contributed by atoms with Gasteiger partial charge in [-0.1, -0.05) is 18.2 Å². The number of carbonyl (C=O) groups excluding carboxylic acids is 3. The Morgan fingerprint density at radius 3 is 2.31 bits per heavy atom. The van der Waals surface area contributed by atoms with Crippen molar-refractivity contribution in [3.8, 4) is 0 Å². The van der Waals surface area contributed by atoms with Crippen LogP contribution in [-0.4, -0.2) is 37.1 Å². The number of benzene rings is 2. The molecule has 1 N–H and O–H groups in total. The molecule has 26 heavy (non-hydrogen) atoms. The van der Waals surface area contributed by atoms with Gasteiger partial charge in [0.05, 0.1) is 19.3 Å². The molecular weight excluding hydrogens is 334 g/mol. The van der Waals surface area contributed by atoms with Crippen molar-refractivity contribution in [2.75, 3.05) is 13.7 Å². The lowest BCUT2D eigenvalue weighted by atomic mass is 9.95. The number of hydrogen-bond acceptors (Lipinski definition) is 5. The van der Waals surface area contributed by atoms with Gasteiger partial charge >= 0.3 is 11.9 Å². The molecule has 0 heterocycles. The summed E-state index contributed by atoms with van der Waals surface area (Å²) in [5.74, 6) is -1.10. The molecule has 6 nitrogen and oxygen atoms in total. The third kappa shape index (κ3) is 3.14. The molecule has 0 aromatic heterocycles. The van der Waals surface area contributed by atoms with Crippen LogP contribution in [0.2, 0.25) is 0 Å². The van der Waals surface area contributed by atoms with E-state index < -0.39 is 17.5 Å². The van der Waals surface area contributed by atoms with Crippen molar-refractivity contribution >= 4 is 28.6 Å². The van der Waals surface area contributed by atoms with Gasteiger partial charge in [-0.15, -0.1) is 0 Å². The molecular formula is C20H21NO5. The lowest BCUT2D eigenvalue weighted by Crippen LogP contribution is -2.55. The van der Waals surface area contributed by atoms with Gasteiger partial charge in [0.15, 0.2) is 0 Å². The summed E-state index contributed by atoms with van der Waals surface area (Å²) in [6, 6.07) is 9.28. The largest absolute Gasteiger partial charge is 0.465 e. The zero-order valence-corrected chi connectivity index (χ0v) is 15.0. The van der Waals surface area contributed by atoms with E-state index in [0.717, 1.165) is 21.9 Å². The number of ether oxygens (including phenoxy) is 2. The molecule has 1 aliphatic carbocycles. The first-order chi connectivity index (χ1) is 12.4. The van der Waals surface area contributed by atoms with Gasteiger partial charge in [0.2, 0.25) is 5.91 Å². The summed E-state index contributed by atoms with van der Waals surface area (Å²) in [5, 5.41) is 4.63. The summed E-state index contributed by atoms with van der Waals surface area (Å²) < 4.78 is 9.97. The highest BCUT2D eigenvalue weighted by atomic mass is 16.5. The molecule has 0 saturated carbocycles. The van der Waals surface area contributed by atoms with E-state index in [2.05, 4.69) is 5.32 Å². The number of nitrogens with one attached hydrogen (secondary N) is 1. The zero-order valence-electron chi connectivity index (χ0n) is 15.0. The second-order valence-electron chi connectivity index (χ2n) is 6.51. The molecule has 1 atom stereocenters. The molecule has 0 fully saturated rings. The highest BCUT2D eigenvalue weighted by Gasteiger charge is 2.46. The molecule has 1 aliphatic rings. The van der Waals surface area contributed by atoms with Crippen molar-refractivity contribution in [2.45, 2.75) is 32.2 Å². The smallest absolute Gasteiger partial charge is 0.337 e. The van der Waals surface area contributed by atoms with Crippen LogP contribution in [-0.2, 0) is 31.9 Å². The maximum atomic E-state index is 12.5. The van der Waals surface area contributed by atoms with Gasteiger partial charge in [-0.25, -0.2) is 9.59 Å². The van der Waals surface area contributed by atoms with Crippen molar-refractivity contribution in [1.82, 2.24) is 5.32 Å². The fourth-order valence-electron chi connectivity index (χ4n) is 3.57. The Bertz CT molecular complexity index is 904. The fraction of sp³-hybridized carbons (Fsp3) is 0.350. The van der Waals surface area contributed by atoms with Crippen LogP contribution in [0.4, 0.5) is 0 Å². The first-order valence-corrected chi connectivity index (χ1v) is 8.48. The Morgan fingerprint density at radius 2 is 1.73 bits per heavy atom. The van der Waals surface area contributed by atoms with Gasteiger partial charge in [0, 0.05) is 19.8 Å². The third-order valence-corrected chi connectivity index (χ3v) is 4.65. The lowest BCUT2D eigenvalue weighted by Gasteiger charge is -2.27. The molecule has 6 heteroatoms. The van der Waals surface area contributed by atoms with Crippen LogP contribution in [0, 0.1) is 0 Å². The minimum absolute atomic E-state index is 0.251. The quantitative estimate of drug-likeness (QED) is 0.850. The highest BCUT2D eigenvalue weighted by molar-refractivity contribution is 5.96. The topological polar surface area (TPSA) is 81.7 Å². The number of amides is 1. The molecule has 136 valence electrons. The van der Waals surface area contributed by atoms with Crippen LogP contribution in [0.3, 0.4) is 0 Å². The SMILES string of the molecule is CCOC(=O)C1(NC(C)=O)Cc2cc3ccc(C(=O)OC)cc3cc2C1. The van der Waals surface area contributed by atoms with Gasteiger partial charge < -0.3 is 14.8 Å². The van der Waals surface area contributed by atoms with E-state index in [4.69, 9.17) is 9.47 Å². The molecule has 0 saturated heterocycles. The van der Waals surface area contributed by atoms with Crippen molar-refractivity contribution in [1.29, 1.82) is 0 Å².